The van der Waals surface area contributed by atoms with Gasteiger partial charge in [-0.1, -0.05) is 60.7 Å². The van der Waals surface area contributed by atoms with Crippen molar-refractivity contribution in [3.8, 4) is 0 Å². The quantitative estimate of drug-likeness (QED) is 0.449. The first kappa shape index (κ1) is 19.4. The summed E-state index contributed by atoms with van der Waals surface area (Å²) in [6.07, 6.45) is -2.98. The van der Waals surface area contributed by atoms with Gasteiger partial charge in [-0.2, -0.15) is 0 Å². The minimum atomic E-state index is -1.49. The van der Waals surface area contributed by atoms with Gasteiger partial charge in [-0.05, 0) is 11.1 Å². The SMILES string of the molecule is O=C(O)N[C@H](C(=O)OC(=O)[C@@H](NC(=O)O)c1ccccc1)c1ccccc1. The lowest BCUT2D eigenvalue weighted by atomic mass is 10.1. The van der Waals surface area contributed by atoms with E-state index in [0.29, 0.717) is 0 Å². The Bertz CT molecular complexity index is 755. The molecule has 2 amide bonds. The van der Waals surface area contributed by atoms with Crippen LogP contribution < -0.4 is 10.6 Å². The molecule has 140 valence electrons. The number of benzene rings is 2. The van der Waals surface area contributed by atoms with Gasteiger partial charge in [-0.25, -0.2) is 19.2 Å². The number of ether oxygens (including phenoxy) is 1. The van der Waals surface area contributed by atoms with E-state index < -0.39 is 36.2 Å². The van der Waals surface area contributed by atoms with Crippen molar-refractivity contribution in [1.82, 2.24) is 10.6 Å². The van der Waals surface area contributed by atoms with E-state index in [1.807, 2.05) is 10.6 Å². The molecule has 0 aromatic heterocycles. The summed E-state index contributed by atoms with van der Waals surface area (Å²) < 4.78 is 4.76. The molecule has 2 aromatic carbocycles. The molecule has 0 saturated carbocycles. The lowest BCUT2D eigenvalue weighted by molar-refractivity contribution is -0.162. The predicted octanol–water partition coefficient (Wildman–Crippen LogP) is 2.07. The normalized spacial score (nSPS) is 12.3. The van der Waals surface area contributed by atoms with Crippen molar-refractivity contribution in [2.24, 2.45) is 0 Å². The Morgan fingerprint density at radius 1 is 0.667 bits per heavy atom. The van der Waals surface area contributed by atoms with Crippen molar-refractivity contribution in [1.29, 1.82) is 0 Å². The molecule has 0 fully saturated rings. The van der Waals surface area contributed by atoms with Gasteiger partial charge < -0.3 is 25.6 Å². The van der Waals surface area contributed by atoms with Crippen LogP contribution in [0.1, 0.15) is 23.2 Å². The van der Waals surface area contributed by atoms with Crippen LogP contribution in [-0.4, -0.2) is 34.3 Å². The summed E-state index contributed by atoms with van der Waals surface area (Å²) in [6, 6.07) is 12.7. The molecule has 2 aromatic rings. The number of rotatable bonds is 6. The number of carbonyl (C=O) groups is 4. The van der Waals surface area contributed by atoms with Crippen molar-refractivity contribution in [3.05, 3.63) is 71.8 Å². The maximum absolute atomic E-state index is 12.4. The van der Waals surface area contributed by atoms with Gasteiger partial charge in [0, 0.05) is 0 Å². The molecule has 0 heterocycles. The second-order valence-electron chi connectivity index (χ2n) is 5.33. The minimum Gasteiger partial charge on any atom is -0.465 e. The summed E-state index contributed by atoms with van der Waals surface area (Å²) in [6.45, 7) is 0. The van der Waals surface area contributed by atoms with E-state index in [0.717, 1.165) is 0 Å². The highest BCUT2D eigenvalue weighted by atomic mass is 16.6. The molecule has 4 N–H and O–H groups in total. The number of nitrogens with one attached hydrogen (secondary N) is 2. The van der Waals surface area contributed by atoms with Gasteiger partial charge in [-0.3, -0.25) is 0 Å². The molecular weight excluding hydrogens is 356 g/mol. The molecule has 0 aliphatic heterocycles. The molecule has 0 bridgehead atoms. The number of carbonyl (C=O) groups excluding carboxylic acids is 2. The van der Waals surface area contributed by atoms with Gasteiger partial charge in [-0.15, -0.1) is 0 Å². The van der Waals surface area contributed by atoms with Crippen LogP contribution in [0.2, 0.25) is 0 Å². The maximum Gasteiger partial charge on any atom is 0.405 e. The lowest BCUT2D eigenvalue weighted by Gasteiger charge is -2.19. The van der Waals surface area contributed by atoms with E-state index in [-0.39, 0.29) is 11.1 Å². The molecule has 9 heteroatoms. The Kier molecular flexibility index (Phi) is 6.48. The second kappa shape index (κ2) is 8.99. The monoisotopic (exact) mass is 372 g/mol. The Balaban J connectivity index is 2.22. The molecule has 0 saturated heterocycles. The van der Waals surface area contributed by atoms with Crippen molar-refractivity contribution >= 4 is 24.1 Å². The number of hydrogen-bond acceptors (Lipinski definition) is 5. The third-order valence-electron chi connectivity index (χ3n) is 3.47. The molecule has 0 aliphatic rings. The fraction of sp³-hybridized carbons (Fsp3) is 0.111. The van der Waals surface area contributed by atoms with Gasteiger partial charge in [0.15, 0.2) is 12.1 Å². The molecular formula is C18H16N2O7. The van der Waals surface area contributed by atoms with E-state index in [9.17, 15) is 19.2 Å². The van der Waals surface area contributed by atoms with Crippen LogP contribution in [0.5, 0.6) is 0 Å². The topological polar surface area (TPSA) is 142 Å². The summed E-state index contributed by atoms with van der Waals surface area (Å²) in [5.41, 5.74) is 0.528. The average Bonchev–Trinajstić information content (AvgIpc) is 2.65. The molecule has 2 atom stereocenters. The predicted molar refractivity (Wildman–Crippen MR) is 91.8 cm³/mol. The zero-order valence-corrected chi connectivity index (χ0v) is 13.9. The molecule has 0 aliphatic carbocycles. The van der Waals surface area contributed by atoms with Crippen molar-refractivity contribution in [3.63, 3.8) is 0 Å². The van der Waals surface area contributed by atoms with E-state index in [1.54, 1.807) is 36.4 Å². The fourth-order valence-electron chi connectivity index (χ4n) is 2.31. The van der Waals surface area contributed by atoms with Crippen molar-refractivity contribution in [2.45, 2.75) is 12.1 Å². The second-order valence-corrected chi connectivity index (χ2v) is 5.33. The molecule has 0 unspecified atom stereocenters. The molecule has 27 heavy (non-hydrogen) atoms. The van der Waals surface area contributed by atoms with E-state index in [2.05, 4.69) is 0 Å². The van der Waals surface area contributed by atoms with Crippen LogP contribution in [0, 0.1) is 0 Å². The van der Waals surface area contributed by atoms with Crippen LogP contribution in [0.25, 0.3) is 0 Å². The maximum atomic E-state index is 12.4. The Morgan fingerprint density at radius 3 is 1.30 bits per heavy atom. The largest absolute Gasteiger partial charge is 0.465 e. The van der Waals surface area contributed by atoms with Crippen LogP contribution >= 0.6 is 0 Å². The summed E-state index contributed by atoms with van der Waals surface area (Å²) in [5.74, 6) is -2.36. The molecule has 2 rings (SSSR count). The Labute approximate surface area is 153 Å². The van der Waals surface area contributed by atoms with E-state index in [1.165, 1.54) is 24.3 Å². The van der Waals surface area contributed by atoms with Gasteiger partial charge in [0.2, 0.25) is 0 Å². The van der Waals surface area contributed by atoms with Gasteiger partial charge >= 0.3 is 24.1 Å². The first-order valence-corrected chi connectivity index (χ1v) is 7.73. The Hall–Kier alpha value is -3.88. The number of amides is 2. The van der Waals surface area contributed by atoms with Crippen molar-refractivity contribution in [2.75, 3.05) is 0 Å². The van der Waals surface area contributed by atoms with Gasteiger partial charge in [0.05, 0.1) is 0 Å². The third kappa shape index (κ3) is 5.56. The standard InChI is InChI=1S/C18H16N2O7/c21-15(13(19-17(23)24)11-7-3-1-4-8-11)27-16(22)14(20-18(25)26)12-9-5-2-6-10-12/h1-10,13-14,19-20H,(H,23,24)(H,25,26)/t13-,14-/m0/s1. The molecule has 0 spiro atoms. The highest BCUT2D eigenvalue weighted by Crippen LogP contribution is 2.18. The van der Waals surface area contributed by atoms with Crippen LogP contribution in [0.15, 0.2) is 60.7 Å². The first-order valence-electron chi connectivity index (χ1n) is 7.73. The number of esters is 2. The van der Waals surface area contributed by atoms with E-state index >= 15 is 0 Å². The molecule has 9 nitrogen and oxygen atoms in total. The zero-order valence-electron chi connectivity index (χ0n) is 13.9. The average molecular weight is 372 g/mol. The summed E-state index contributed by atoms with van der Waals surface area (Å²) in [4.78, 5) is 46.7. The van der Waals surface area contributed by atoms with Crippen LogP contribution in [0.4, 0.5) is 9.59 Å². The van der Waals surface area contributed by atoms with E-state index in [4.69, 9.17) is 14.9 Å². The highest BCUT2D eigenvalue weighted by molar-refractivity contribution is 5.94. The number of carboxylic acid groups (broad SMARTS) is 2. The lowest BCUT2D eigenvalue weighted by Crippen LogP contribution is -2.39. The fourth-order valence-corrected chi connectivity index (χ4v) is 2.31. The first-order chi connectivity index (χ1) is 12.9. The van der Waals surface area contributed by atoms with Crippen LogP contribution in [0.3, 0.4) is 0 Å². The molecule has 0 radical (unpaired) electrons. The van der Waals surface area contributed by atoms with Crippen LogP contribution in [-0.2, 0) is 14.3 Å². The van der Waals surface area contributed by atoms with Gasteiger partial charge in [0.25, 0.3) is 0 Å². The summed E-state index contributed by atoms with van der Waals surface area (Å²) in [7, 11) is 0. The zero-order chi connectivity index (χ0) is 19.8. The number of hydrogen-bond donors (Lipinski definition) is 4. The van der Waals surface area contributed by atoms with Gasteiger partial charge in [0.1, 0.15) is 0 Å². The highest BCUT2D eigenvalue weighted by Gasteiger charge is 2.31. The summed E-state index contributed by atoms with van der Waals surface area (Å²) in [5, 5.41) is 21.8. The summed E-state index contributed by atoms with van der Waals surface area (Å²) >= 11 is 0. The van der Waals surface area contributed by atoms with Crippen molar-refractivity contribution < 1.29 is 34.1 Å². The smallest absolute Gasteiger partial charge is 0.405 e. The third-order valence-corrected chi connectivity index (χ3v) is 3.47. The Morgan fingerprint density at radius 2 is 1.00 bits per heavy atom. The minimum absolute atomic E-state index is 0.264.